The lowest BCUT2D eigenvalue weighted by molar-refractivity contribution is 0.912. The molecule has 16 heavy (non-hydrogen) atoms. The van der Waals surface area contributed by atoms with Crippen molar-refractivity contribution in [2.75, 3.05) is 5.73 Å². The van der Waals surface area contributed by atoms with Crippen LogP contribution in [0.5, 0.6) is 0 Å². The fraction of sp³-hybridized carbons (Fsp3) is 0.308. The van der Waals surface area contributed by atoms with Gasteiger partial charge in [0.2, 0.25) is 0 Å². The highest BCUT2D eigenvalue weighted by atomic mass is 15.1. The highest BCUT2D eigenvalue weighted by molar-refractivity contribution is 5.62. The van der Waals surface area contributed by atoms with Gasteiger partial charge in [-0.15, -0.1) is 0 Å². The molecule has 82 valence electrons. The number of nitrogen functional groups attached to an aromatic ring is 1. The minimum absolute atomic E-state index is 0.565. The van der Waals surface area contributed by atoms with Crippen molar-refractivity contribution in [3.05, 3.63) is 35.5 Å². The van der Waals surface area contributed by atoms with Gasteiger partial charge in [0.05, 0.1) is 5.69 Å². The normalized spacial score (nSPS) is 14.1. The van der Waals surface area contributed by atoms with Crippen molar-refractivity contribution in [1.82, 2.24) is 9.55 Å². The smallest absolute Gasteiger partial charge is 0.200 e. The van der Waals surface area contributed by atoms with E-state index in [0.717, 1.165) is 5.69 Å². The molecule has 1 heterocycles. The van der Waals surface area contributed by atoms with Crippen LogP contribution in [0.3, 0.4) is 0 Å². The number of nitrogens with two attached hydrogens (primary N) is 1. The average molecular weight is 213 g/mol. The summed E-state index contributed by atoms with van der Waals surface area (Å²) in [5, 5.41) is 0. The molecule has 2 aromatic rings. The molecule has 0 atom stereocenters. The zero-order chi connectivity index (χ0) is 11.1. The van der Waals surface area contributed by atoms with Gasteiger partial charge in [-0.25, -0.2) is 4.98 Å². The Labute approximate surface area is 94.9 Å². The molecule has 3 nitrogen and oxygen atoms in total. The van der Waals surface area contributed by atoms with Crippen LogP contribution in [0.15, 0.2) is 24.4 Å². The van der Waals surface area contributed by atoms with Crippen LogP contribution in [0.2, 0.25) is 0 Å². The first-order valence-corrected chi connectivity index (χ1v) is 5.65. The fourth-order valence-corrected chi connectivity index (χ4v) is 2.35. The highest BCUT2D eigenvalue weighted by Gasteiger charge is 2.12. The Morgan fingerprint density at radius 2 is 2.06 bits per heavy atom. The van der Waals surface area contributed by atoms with Gasteiger partial charge in [0.1, 0.15) is 0 Å². The largest absolute Gasteiger partial charge is 0.369 e. The zero-order valence-electron chi connectivity index (χ0n) is 9.40. The molecule has 1 aliphatic carbocycles. The van der Waals surface area contributed by atoms with Crippen LogP contribution in [0, 0.1) is 0 Å². The predicted molar refractivity (Wildman–Crippen MR) is 65.1 cm³/mol. The summed E-state index contributed by atoms with van der Waals surface area (Å²) in [6.07, 6.45) is 5.68. The molecular weight excluding hydrogens is 198 g/mol. The van der Waals surface area contributed by atoms with E-state index in [0.29, 0.717) is 5.95 Å². The molecule has 0 fully saturated rings. The van der Waals surface area contributed by atoms with Crippen molar-refractivity contribution >= 4 is 5.95 Å². The van der Waals surface area contributed by atoms with Gasteiger partial charge in [-0.05, 0) is 36.5 Å². The number of rotatable bonds is 1. The van der Waals surface area contributed by atoms with Crippen molar-refractivity contribution in [3.63, 3.8) is 0 Å². The third kappa shape index (κ3) is 1.40. The average Bonchev–Trinajstić information content (AvgIpc) is 2.85. The third-order valence-corrected chi connectivity index (χ3v) is 3.31. The Balaban J connectivity index is 2.07. The lowest BCUT2D eigenvalue weighted by atomic mass is 10.1. The quantitative estimate of drug-likeness (QED) is 0.788. The molecule has 0 unspecified atom stereocenters. The molecule has 0 spiro atoms. The first-order chi connectivity index (χ1) is 7.74. The molecule has 0 saturated heterocycles. The predicted octanol–water partition coefficient (Wildman–Crippen LogP) is 2.16. The topological polar surface area (TPSA) is 43.8 Å². The van der Waals surface area contributed by atoms with Gasteiger partial charge >= 0.3 is 0 Å². The van der Waals surface area contributed by atoms with Crippen LogP contribution < -0.4 is 5.73 Å². The highest BCUT2D eigenvalue weighted by Crippen LogP contribution is 2.27. The van der Waals surface area contributed by atoms with Gasteiger partial charge < -0.3 is 10.3 Å². The number of fused-ring (bicyclic) bond motifs is 1. The number of hydrogen-bond donors (Lipinski definition) is 1. The number of benzene rings is 1. The maximum Gasteiger partial charge on any atom is 0.200 e. The molecule has 3 heteroatoms. The van der Waals surface area contributed by atoms with Crippen LogP contribution in [0.4, 0.5) is 5.95 Å². The van der Waals surface area contributed by atoms with Crippen LogP contribution in [-0.4, -0.2) is 9.55 Å². The third-order valence-electron chi connectivity index (χ3n) is 3.31. The molecule has 0 bridgehead atoms. The lowest BCUT2D eigenvalue weighted by Crippen LogP contribution is -1.94. The van der Waals surface area contributed by atoms with Crippen molar-refractivity contribution in [2.24, 2.45) is 7.05 Å². The molecule has 0 amide bonds. The summed E-state index contributed by atoms with van der Waals surface area (Å²) in [6, 6.07) is 6.62. The summed E-state index contributed by atoms with van der Waals surface area (Å²) in [5.41, 5.74) is 10.9. The van der Waals surface area contributed by atoms with E-state index in [1.165, 1.54) is 36.0 Å². The molecule has 2 N–H and O–H groups in total. The molecule has 3 rings (SSSR count). The molecule has 0 radical (unpaired) electrons. The van der Waals surface area contributed by atoms with Crippen LogP contribution in [-0.2, 0) is 19.9 Å². The Bertz CT molecular complexity index is 521. The minimum atomic E-state index is 0.565. The zero-order valence-corrected chi connectivity index (χ0v) is 9.40. The number of imidazole rings is 1. The SMILES string of the molecule is Cn1cc(-c2ccc3c(c2)CCC3)nc1N. The maximum atomic E-state index is 5.74. The molecule has 1 aliphatic rings. The summed E-state index contributed by atoms with van der Waals surface area (Å²) >= 11 is 0. The van der Waals surface area contributed by atoms with Crippen molar-refractivity contribution in [1.29, 1.82) is 0 Å². The first-order valence-electron chi connectivity index (χ1n) is 5.65. The Morgan fingerprint density at radius 3 is 2.81 bits per heavy atom. The number of hydrogen-bond acceptors (Lipinski definition) is 2. The van der Waals surface area contributed by atoms with E-state index < -0.39 is 0 Å². The van der Waals surface area contributed by atoms with E-state index >= 15 is 0 Å². The second-order valence-electron chi connectivity index (χ2n) is 4.43. The van der Waals surface area contributed by atoms with Crippen LogP contribution >= 0.6 is 0 Å². The summed E-state index contributed by atoms with van der Waals surface area (Å²) in [6.45, 7) is 0. The summed E-state index contributed by atoms with van der Waals surface area (Å²) < 4.78 is 1.85. The molecule has 0 saturated carbocycles. The van der Waals surface area contributed by atoms with E-state index in [4.69, 9.17) is 5.73 Å². The molecular formula is C13H15N3. The standard InChI is InChI=1S/C13H15N3/c1-16-8-12(15-13(16)14)11-6-5-9-3-2-4-10(9)7-11/h5-8H,2-4H2,1H3,(H2,14,15). The second-order valence-corrected chi connectivity index (χ2v) is 4.43. The van der Waals surface area contributed by atoms with Gasteiger partial charge in [-0.1, -0.05) is 12.1 Å². The van der Waals surface area contributed by atoms with E-state index in [-0.39, 0.29) is 0 Å². The van der Waals surface area contributed by atoms with E-state index in [2.05, 4.69) is 23.2 Å². The maximum absolute atomic E-state index is 5.74. The number of aromatic nitrogens is 2. The fourth-order valence-electron chi connectivity index (χ4n) is 2.35. The Morgan fingerprint density at radius 1 is 1.25 bits per heavy atom. The van der Waals surface area contributed by atoms with E-state index in [1.807, 2.05) is 17.8 Å². The minimum Gasteiger partial charge on any atom is -0.369 e. The molecule has 0 aliphatic heterocycles. The summed E-state index contributed by atoms with van der Waals surface area (Å²) in [5.74, 6) is 0.565. The molecule has 1 aromatic carbocycles. The Kier molecular flexibility index (Phi) is 1.99. The van der Waals surface area contributed by atoms with Crippen molar-refractivity contribution in [2.45, 2.75) is 19.3 Å². The van der Waals surface area contributed by atoms with Gasteiger partial charge in [0, 0.05) is 18.8 Å². The van der Waals surface area contributed by atoms with Crippen molar-refractivity contribution < 1.29 is 0 Å². The first kappa shape index (κ1) is 9.46. The lowest BCUT2D eigenvalue weighted by Gasteiger charge is -2.01. The molecule has 1 aromatic heterocycles. The van der Waals surface area contributed by atoms with Crippen LogP contribution in [0.1, 0.15) is 17.5 Å². The number of aryl methyl sites for hydroxylation is 3. The van der Waals surface area contributed by atoms with Gasteiger partial charge in [0.25, 0.3) is 0 Å². The van der Waals surface area contributed by atoms with Crippen LogP contribution in [0.25, 0.3) is 11.3 Å². The Hall–Kier alpha value is -1.77. The number of nitrogens with zero attached hydrogens (tertiary/aromatic N) is 2. The summed E-state index contributed by atoms with van der Waals surface area (Å²) in [7, 11) is 1.92. The van der Waals surface area contributed by atoms with Gasteiger partial charge in [0.15, 0.2) is 5.95 Å². The number of anilines is 1. The van der Waals surface area contributed by atoms with E-state index in [9.17, 15) is 0 Å². The summed E-state index contributed by atoms with van der Waals surface area (Å²) in [4.78, 5) is 4.35. The second kappa shape index (κ2) is 3.37. The van der Waals surface area contributed by atoms with Gasteiger partial charge in [-0.3, -0.25) is 0 Å². The van der Waals surface area contributed by atoms with E-state index in [1.54, 1.807) is 0 Å². The van der Waals surface area contributed by atoms with Crippen molar-refractivity contribution in [3.8, 4) is 11.3 Å². The monoisotopic (exact) mass is 213 g/mol. The van der Waals surface area contributed by atoms with Gasteiger partial charge in [-0.2, -0.15) is 0 Å².